The first-order chi connectivity index (χ1) is 13.5. The highest BCUT2D eigenvalue weighted by atomic mass is 32.1. The van der Waals surface area contributed by atoms with Crippen LogP contribution in [-0.4, -0.2) is 63.7 Å². The van der Waals surface area contributed by atoms with E-state index in [1.165, 1.54) is 32.1 Å². The molecule has 1 saturated carbocycles. The van der Waals surface area contributed by atoms with Crippen LogP contribution >= 0.6 is 12.2 Å². The van der Waals surface area contributed by atoms with Crippen molar-refractivity contribution in [2.45, 2.75) is 51.6 Å². The minimum atomic E-state index is 0.0449. The molecule has 1 heterocycles. The van der Waals surface area contributed by atoms with Crippen molar-refractivity contribution in [1.29, 1.82) is 0 Å². The van der Waals surface area contributed by atoms with E-state index in [1.54, 1.807) is 9.47 Å². The van der Waals surface area contributed by atoms with Crippen LogP contribution in [0, 0.1) is 11.7 Å². The lowest BCUT2D eigenvalue weighted by atomic mass is 9.94. The molecule has 0 aliphatic heterocycles. The fraction of sp³-hybridized carbons (Fsp3) is 0.571. The van der Waals surface area contributed by atoms with Gasteiger partial charge >= 0.3 is 0 Å². The molecule has 1 aromatic heterocycles. The lowest BCUT2D eigenvalue weighted by Gasteiger charge is -2.32. The topological polar surface area (TPSA) is 57.2 Å². The number of rotatable bonds is 7. The Kier molecular flexibility index (Phi) is 7.02. The molecule has 1 fully saturated rings. The number of benzene rings is 1. The monoisotopic (exact) mass is 401 g/mol. The van der Waals surface area contributed by atoms with Crippen LogP contribution in [0.15, 0.2) is 24.3 Å². The molecular formula is C21H31N5OS. The standard InChI is InChI=1S/C21H31N5OS/c1-16-8-7-9-17(14-16)20-22-23-21(28)26(20)15-19(27)25(3)13-12-24(2)18-10-5-4-6-11-18/h7-9,14,18H,4-6,10-13,15H2,1-3H3,(H,23,28). The summed E-state index contributed by atoms with van der Waals surface area (Å²) < 4.78 is 2.26. The van der Waals surface area contributed by atoms with Crippen LogP contribution < -0.4 is 0 Å². The van der Waals surface area contributed by atoms with Crippen molar-refractivity contribution in [3.8, 4) is 11.4 Å². The molecule has 2 aromatic rings. The normalized spacial score (nSPS) is 15.1. The minimum absolute atomic E-state index is 0.0449. The van der Waals surface area contributed by atoms with Gasteiger partial charge in [0.25, 0.3) is 0 Å². The molecule has 0 unspecified atom stereocenters. The minimum Gasteiger partial charge on any atom is -0.343 e. The summed E-state index contributed by atoms with van der Waals surface area (Å²) in [5.74, 6) is 0.748. The summed E-state index contributed by atoms with van der Waals surface area (Å²) in [4.78, 5) is 17.0. The molecule has 1 N–H and O–H groups in total. The van der Waals surface area contributed by atoms with Gasteiger partial charge in [0.2, 0.25) is 5.91 Å². The molecule has 1 aliphatic rings. The SMILES string of the molecule is Cc1cccc(-c2n[nH]c(=S)n2CC(=O)N(C)CCN(C)C2CCCCC2)c1. The van der Waals surface area contributed by atoms with Gasteiger partial charge in [0, 0.05) is 31.7 Å². The maximum Gasteiger partial charge on any atom is 0.242 e. The fourth-order valence-electron chi connectivity index (χ4n) is 3.86. The molecule has 28 heavy (non-hydrogen) atoms. The number of aromatic amines is 1. The lowest BCUT2D eigenvalue weighted by molar-refractivity contribution is -0.130. The third-order valence-electron chi connectivity index (χ3n) is 5.74. The van der Waals surface area contributed by atoms with Gasteiger partial charge in [-0.1, -0.05) is 43.0 Å². The zero-order chi connectivity index (χ0) is 20.1. The highest BCUT2D eigenvalue weighted by molar-refractivity contribution is 7.71. The molecule has 0 atom stereocenters. The van der Waals surface area contributed by atoms with Crippen molar-refractivity contribution in [3.05, 3.63) is 34.6 Å². The first-order valence-corrected chi connectivity index (χ1v) is 10.5. The smallest absolute Gasteiger partial charge is 0.242 e. The Bertz CT molecular complexity index is 852. The van der Waals surface area contributed by atoms with E-state index in [4.69, 9.17) is 12.2 Å². The van der Waals surface area contributed by atoms with Gasteiger partial charge in [-0.15, -0.1) is 0 Å². The van der Waals surface area contributed by atoms with Gasteiger partial charge in [-0.3, -0.25) is 14.5 Å². The van der Waals surface area contributed by atoms with E-state index < -0.39 is 0 Å². The number of hydrogen-bond acceptors (Lipinski definition) is 4. The fourth-order valence-corrected chi connectivity index (χ4v) is 4.06. The number of H-pyrrole nitrogens is 1. The number of nitrogens with one attached hydrogen (secondary N) is 1. The van der Waals surface area contributed by atoms with Crippen LogP contribution in [0.3, 0.4) is 0 Å². The summed E-state index contributed by atoms with van der Waals surface area (Å²) in [7, 11) is 4.05. The molecule has 7 heteroatoms. The predicted molar refractivity (Wildman–Crippen MR) is 115 cm³/mol. The van der Waals surface area contributed by atoms with E-state index in [9.17, 15) is 4.79 Å². The number of carbonyl (C=O) groups is 1. The van der Waals surface area contributed by atoms with Crippen LogP contribution in [0.1, 0.15) is 37.7 Å². The number of hydrogen-bond donors (Lipinski definition) is 1. The number of aryl methyl sites for hydroxylation is 1. The Morgan fingerprint density at radius 2 is 2.00 bits per heavy atom. The van der Waals surface area contributed by atoms with E-state index >= 15 is 0 Å². The second-order valence-electron chi connectivity index (χ2n) is 7.90. The second-order valence-corrected chi connectivity index (χ2v) is 8.28. The molecule has 1 amide bonds. The van der Waals surface area contributed by atoms with E-state index in [2.05, 4.69) is 28.2 Å². The number of aromatic nitrogens is 3. The zero-order valence-electron chi connectivity index (χ0n) is 17.1. The third kappa shape index (κ3) is 5.08. The molecular weight excluding hydrogens is 370 g/mol. The largest absolute Gasteiger partial charge is 0.343 e. The van der Waals surface area contributed by atoms with Gasteiger partial charge in [0.05, 0.1) is 0 Å². The summed E-state index contributed by atoms with van der Waals surface area (Å²) in [5.41, 5.74) is 2.10. The average Bonchev–Trinajstić information content (AvgIpc) is 3.06. The zero-order valence-corrected chi connectivity index (χ0v) is 18.0. The van der Waals surface area contributed by atoms with Crippen molar-refractivity contribution >= 4 is 18.1 Å². The summed E-state index contributed by atoms with van der Waals surface area (Å²) in [6, 6.07) is 8.72. The van der Waals surface area contributed by atoms with Gasteiger partial charge in [-0.25, -0.2) is 0 Å². The number of nitrogens with zero attached hydrogens (tertiary/aromatic N) is 4. The molecule has 1 aromatic carbocycles. The van der Waals surface area contributed by atoms with Crippen LogP contribution in [0.25, 0.3) is 11.4 Å². The van der Waals surface area contributed by atoms with Crippen molar-refractivity contribution in [3.63, 3.8) is 0 Å². The Labute approximate surface area is 172 Å². The van der Waals surface area contributed by atoms with Crippen LogP contribution in [-0.2, 0) is 11.3 Å². The van der Waals surface area contributed by atoms with E-state index in [-0.39, 0.29) is 12.5 Å². The summed E-state index contributed by atoms with van der Waals surface area (Å²) in [5, 5.41) is 7.17. The van der Waals surface area contributed by atoms with Crippen molar-refractivity contribution in [1.82, 2.24) is 24.6 Å². The lowest BCUT2D eigenvalue weighted by Crippen LogP contribution is -2.41. The van der Waals surface area contributed by atoms with E-state index in [1.807, 2.05) is 32.2 Å². The van der Waals surface area contributed by atoms with Crippen molar-refractivity contribution in [2.24, 2.45) is 0 Å². The van der Waals surface area contributed by atoms with Gasteiger partial charge in [0.1, 0.15) is 6.54 Å². The maximum absolute atomic E-state index is 12.8. The Morgan fingerprint density at radius 1 is 1.25 bits per heavy atom. The Hall–Kier alpha value is -1.99. The van der Waals surface area contributed by atoms with E-state index in [0.717, 1.165) is 24.2 Å². The molecule has 152 valence electrons. The third-order valence-corrected chi connectivity index (χ3v) is 6.05. The van der Waals surface area contributed by atoms with Crippen LogP contribution in [0.5, 0.6) is 0 Å². The van der Waals surface area contributed by atoms with Crippen molar-refractivity contribution < 1.29 is 4.79 Å². The van der Waals surface area contributed by atoms with Crippen LogP contribution in [0.2, 0.25) is 0 Å². The average molecular weight is 402 g/mol. The van der Waals surface area contributed by atoms with Gasteiger partial charge in [-0.05, 0) is 45.1 Å². The summed E-state index contributed by atoms with van der Waals surface area (Å²) in [6.45, 7) is 3.85. The van der Waals surface area contributed by atoms with Gasteiger partial charge in [-0.2, -0.15) is 5.10 Å². The molecule has 0 radical (unpaired) electrons. The van der Waals surface area contributed by atoms with Gasteiger partial charge in [0.15, 0.2) is 10.6 Å². The number of carbonyl (C=O) groups excluding carboxylic acids is 1. The van der Waals surface area contributed by atoms with Crippen molar-refractivity contribution in [2.75, 3.05) is 27.2 Å². The predicted octanol–water partition coefficient (Wildman–Crippen LogP) is 3.64. The summed E-state index contributed by atoms with van der Waals surface area (Å²) >= 11 is 5.37. The molecule has 0 bridgehead atoms. The quantitative estimate of drug-likeness (QED) is 0.720. The van der Waals surface area contributed by atoms with Gasteiger partial charge < -0.3 is 9.80 Å². The molecule has 6 nitrogen and oxygen atoms in total. The number of likely N-dealkylation sites (N-methyl/N-ethyl adjacent to an activating group) is 2. The summed E-state index contributed by atoms with van der Waals surface area (Å²) in [6.07, 6.45) is 6.56. The molecule has 0 saturated heterocycles. The van der Waals surface area contributed by atoms with E-state index in [0.29, 0.717) is 16.6 Å². The highest BCUT2D eigenvalue weighted by Crippen LogP contribution is 2.21. The first kappa shape index (κ1) is 20.7. The molecule has 3 rings (SSSR count). The molecule has 0 spiro atoms. The second kappa shape index (κ2) is 9.47. The highest BCUT2D eigenvalue weighted by Gasteiger charge is 2.20. The first-order valence-electron chi connectivity index (χ1n) is 10.1. The number of amides is 1. The Balaban J connectivity index is 1.61. The van der Waals surface area contributed by atoms with Crippen LogP contribution in [0.4, 0.5) is 0 Å². The molecule has 1 aliphatic carbocycles. The Morgan fingerprint density at radius 3 is 2.71 bits per heavy atom. The maximum atomic E-state index is 12.8.